The topological polar surface area (TPSA) is 51.8 Å². The zero-order chi connectivity index (χ0) is 40.8. The third kappa shape index (κ3) is 5.04. The van der Waals surface area contributed by atoms with Crippen molar-refractivity contribution in [2.24, 2.45) is 0 Å². The molecule has 2 aliphatic carbocycles. The van der Waals surface area contributed by atoms with Gasteiger partial charge in [0, 0.05) is 27.5 Å². The molecule has 1 spiro atoms. The van der Waals surface area contributed by atoms with Gasteiger partial charge in [-0.2, -0.15) is 0 Å². The molecule has 4 nitrogen and oxygen atoms in total. The van der Waals surface area contributed by atoms with Gasteiger partial charge in [0.25, 0.3) is 0 Å². The third-order valence-electron chi connectivity index (χ3n) is 13.0. The molecule has 0 saturated carbocycles. The molecule has 9 aromatic carbocycles. The molecule has 2 aromatic heterocycles. The van der Waals surface area contributed by atoms with Gasteiger partial charge in [0.15, 0.2) is 17.5 Å². The van der Waals surface area contributed by atoms with Crippen LogP contribution in [0.2, 0.25) is 0 Å². The van der Waals surface area contributed by atoms with Crippen LogP contribution in [0, 0.1) is 0 Å². The van der Waals surface area contributed by atoms with Gasteiger partial charge >= 0.3 is 0 Å². The van der Waals surface area contributed by atoms with Gasteiger partial charge in [-0.25, -0.2) is 15.0 Å². The number of hydrogen-bond donors (Lipinski definition) is 0. The monoisotopic (exact) mass is 789 g/mol. The fourth-order valence-electron chi connectivity index (χ4n) is 10.3. The van der Waals surface area contributed by atoms with Gasteiger partial charge in [0.1, 0.15) is 11.2 Å². The largest absolute Gasteiger partial charge is 0.456 e. The first-order valence-electron chi connectivity index (χ1n) is 21.1. The van der Waals surface area contributed by atoms with Gasteiger partial charge in [0.2, 0.25) is 0 Å². The predicted molar refractivity (Wildman–Crippen MR) is 251 cm³/mol. The Morgan fingerprint density at radius 3 is 1.47 bits per heavy atom. The van der Waals surface area contributed by atoms with Crippen molar-refractivity contribution in [3.8, 4) is 78.7 Å². The molecular weight excluding hydrogens is 755 g/mol. The summed E-state index contributed by atoms with van der Waals surface area (Å²) in [6.45, 7) is 0. The average Bonchev–Trinajstić information content (AvgIpc) is 3.98. The van der Waals surface area contributed by atoms with Crippen LogP contribution in [-0.2, 0) is 5.41 Å². The summed E-state index contributed by atoms with van der Waals surface area (Å²) in [4.78, 5) is 15.4. The second-order valence-electron chi connectivity index (χ2n) is 16.3. The zero-order valence-electron chi connectivity index (χ0n) is 33.5. The van der Waals surface area contributed by atoms with Gasteiger partial charge in [-0.15, -0.1) is 0 Å². The Morgan fingerprint density at radius 1 is 0.290 bits per heavy atom. The van der Waals surface area contributed by atoms with Crippen molar-refractivity contribution in [1.29, 1.82) is 0 Å². The number of hydrogen-bond acceptors (Lipinski definition) is 4. The minimum absolute atomic E-state index is 0.462. The lowest BCUT2D eigenvalue weighted by Gasteiger charge is -2.32. The van der Waals surface area contributed by atoms with Gasteiger partial charge < -0.3 is 4.42 Å². The zero-order valence-corrected chi connectivity index (χ0v) is 33.5. The highest BCUT2D eigenvalue weighted by Crippen LogP contribution is 2.64. The van der Waals surface area contributed by atoms with Crippen molar-refractivity contribution in [3.05, 3.63) is 235 Å². The summed E-state index contributed by atoms with van der Waals surface area (Å²) in [6.07, 6.45) is 0. The normalized spacial score (nSPS) is 13.0. The van der Waals surface area contributed by atoms with Crippen LogP contribution in [0.3, 0.4) is 0 Å². The minimum Gasteiger partial charge on any atom is -0.456 e. The van der Waals surface area contributed by atoms with Gasteiger partial charge in [-0.1, -0.05) is 188 Å². The van der Waals surface area contributed by atoms with Crippen LogP contribution in [-0.4, -0.2) is 15.0 Å². The second-order valence-corrected chi connectivity index (χ2v) is 16.3. The Bertz CT molecular complexity index is 3520. The van der Waals surface area contributed by atoms with Crippen LogP contribution in [0.15, 0.2) is 217 Å². The van der Waals surface area contributed by atoms with Gasteiger partial charge in [-0.3, -0.25) is 0 Å². The smallest absolute Gasteiger partial charge is 0.164 e. The maximum atomic E-state index is 6.22. The summed E-state index contributed by atoms with van der Waals surface area (Å²) in [5.41, 5.74) is 19.0. The Morgan fingerprint density at radius 2 is 0.758 bits per heavy atom. The van der Waals surface area contributed by atoms with E-state index in [9.17, 15) is 0 Å². The lowest BCUT2D eigenvalue weighted by Crippen LogP contribution is -2.26. The molecule has 0 radical (unpaired) electrons. The Labute approximate surface area is 358 Å². The molecule has 4 heteroatoms. The molecule has 288 valence electrons. The molecule has 0 fully saturated rings. The van der Waals surface area contributed by atoms with E-state index in [1.807, 2.05) is 36.4 Å². The van der Waals surface area contributed by atoms with Crippen LogP contribution in [0.4, 0.5) is 0 Å². The maximum Gasteiger partial charge on any atom is 0.164 e. The molecule has 0 amide bonds. The van der Waals surface area contributed by atoms with E-state index in [0.29, 0.717) is 17.5 Å². The van der Waals surface area contributed by atoms with E-state index in [4.69, 9.17) is 19.4 Å². The highest BCUT2D eigenvalue weighted by atomic mass is 16.3. The van der Waals surface area contributed by atoms with Crippen LogP contribution >= 0.6 is 0 Å². The van der Waals surface area contributed by atoms with Crippen LogP contribution < -0.4 is 0 Å². The average molecular weight is 790 g/mol. The summed E-state index contributed by atoms with van der Waals surface area (Å²) in [5.74, 6) is 1.87. The maximum absolute atomic E-state index is 6.22. The molecule has 0 aliphatic heterocycles. The number of benzene rings is 9. The molecule has 0 saturated heterocycles. The predicted octanol–water partition coefficient (Wildman–Crippen LogP) is 14.4. The Hall–Kier alpha value is -8.21. The summed E-state index contributed by atoms with van der Waals surface area (Å²) in [7, 11) is 0. The van der Waals surface area contributed by atoms with Crippen LogP contribution in [0.25, 0.3) is 101 Å². The lowest BCUT2D eigenvalue weighted by molar-refractivity contribution is 0.669. The first kappa shape index (κ1) is 34.6. The summed E-state index contributed by atoms with van der Waals surface area (Å²) in [5, 5.41) is 2.24. The van der Waals surface area contributed by atoms with E-state index in [0.717, 1.165) is 55.3 Å². The summed E-state index contributed by atoms with van der Waals surface area (Å²) in [6, 6.07) is 75.7. The molecule has 0 bridgehead atoms. The number of para-hydroxylation sites is 1. The van der Waals surface area contributed by atoms with E-state index in [2.05, 4.69) is 176 Å². The van der Waals surface area contributed by atoms with E-state index in [-0.39, 0.29) is 0 Å². The van der Waals surface area contributed by atoms with E-state index >= 15 is 0 Å². The molecule has 2 heterocycles. The van der Waals surface area contributed by atoms with Crippen molar-refractivity contribution in [3.63, 3.8) is 0 Å². The number of aromatic nitrogens is 3. The fourth-order valence-corrected chi connectivity index (χ4v) is 10.3. The van der Waals surface area contributed by atoms with Crippen molar-refractivity contribution in [1.82, 2.24) is 15.0 Å². The quantitative estimate of drug-likeness (QED) is 0.174. The Balaban J connectivity index is 0.944. The third-order valence-corrected chi connectivity index (χ3v) is 13.0. The van der Waals surface area contributed by atoms with Crippen LogP contribution in [0.5, 0.6) is 0 Å². The number of nitrogens with zero attached hydrogens (tertiary/aromatic N) is 3. The van der Waals surface area contributed by atoms with Gasteiger partial charge in [-0.05, 0) is 91.0 Å². The van der Waals surface area contributed by atoms with E-state index < -0.39 is 5.41 Å². The summed E-state index contributed by atoms with van der Waals surface area (Å²) < 4.78 is 6.22. The first-order chi connectivity index (χ1) is 30.7. The number of furan rings is 1. The van der Waals surface area contributed by atoms with Crippen LogP contribution in [0.1, 0.15) is 22.3 Å². The SMILES string of the molecule is c1ccc(-c2nc(-c3ccc(-c4ccc5c(c4)oc4ccccc45)cc3)nc(-c3cccc(-c4cccc5c4C4(c6ccccc6-c6ccccc64)c4ccccc4-5)c3)n2)cc1. The highest BCUT2D eigenvalue weighted by molar-refractivity contribution is 6.06. The summed E-state index contributed by atoms with van der Waals surface area (Å²) >= 11 is 0. The molecule has 0 atom stereocenters. The molecule has 11 aromatic rings. The molecule has 0 unspecified atom stereocenters. The Kier molecular flexibility index (Phi) is 7.49. The van der Waals surface area contributed by atoms with E-state index in [1.54, 1.807) is 0 Å². The fraction of sp³-hybridized carbons (Fsp3) is 0.0172. The minimum atomic E-state index is -0.462. The molecule has 2 aliphatic rings. The molecule has 62 heavy (non-hydrogen) atoms. The lowest BCUT2D eigenvalue weighted by atomic mass is 9.68. The molecule has 0 N–H and O–H groups in total. The standard InChI is InChI=1S/C58H35N3O/c1-2-14-37(15-3-1)55-59-56(38-30-28-36(29-31-38)39-32-33-47-46-21-7-11-27-52(46)62-53(47)35-39)61-57(60-55)41-17-12-16-40(34-41)42-22-13-23-48-45-20-6-10-26-51(45)58(54(42)48)49-24-8-4-18-43(49)44-19-5-9-25-50(44)58/h1-35H. The van der Waals surface area contributed by atoms with Crippen molar-refractivity contribution in [2.45, 2.75) is 5.41 Å². The first-order valence-corrected chi connectivity index (χ1v) is 21.1. The molecule has 13 rings (SSSR count). The molecular formula is C58H35N3O. The van der Waals surface area contributed by atoms with Crippen molar-refractivity contribution < 1.29 is 4.42 Å². The van der Waals surface area contributed by atoms with E-state index in [1.165, 1.54) is 50.1 Å². The number of rotatable bonds is 5. The highest BCUT2D eigenvalue weighted by Gasteiger charge is 2.52. The van der Waals surface area contributed by atoms with Crippen molar-refractivity contribution in [2.75, 3.05) is 0 Å². The van der Waals surface area contributed by atoms with Crippen molar-refractivity contribution >= 4 is 21.9 Å². The van der Waals surface area contributed by atoms with Gasteiger partial charge in [0.05, 0.1) is 5.41 Å². The number of fused-ring (bicyclic) bond motifs is 13. The second kappa shape index (κ2) is 13.4.